The first-order valence-corrected chi connectivity index (χ1v) is 11.9. The average molecular weight is 468 g/mol. The number of amides is 1. The van der Waals surface area contributed by atoms with E-state index in [2.05, 4.69) is 15.5 Å². The number of aryl methyl sites for hydroxylation is 1. The molecule has 0 radical (unpaired) electrons. The lowest BCUT2D eigenvalue weighted by molar-refractivity contribution is 0.0730. The second-order valence-electron chi connectivity index (χ2n) is 7.62. The first-order valence-electron chi connectivity index (χ1n) is 10.5. The molecule has 4 rings (SSSR count). The van der Waals surface area contributed by atoms with Crippen LogP contribution < -0.4 is 5.43 Å². The van der Waals surface area contributed by atoms with Crippen molar-refractivity contribution >= 4 is 22.1 Å². The van der Waals surface area contributed by atoms with Gasteiger partial charge in [0.05, 0.1) is 29.9 Å². The summed E-state index contributed by atoms with van der Waals surface area (Å²) in [6, 6.07) is 12.2. The van der Waals surface area contributed by atoms with Gasteiger partial charge in [0.1, 0.15) is 0 Å². The van der Waals surface area contributed by atoms with Crippen LogP contribution in [-0.2, 0) is 14.8 Å². The Hall–Kier alpha value is -3.34. The monoisotopic (exact) mass is 467 g/mol. The molecule has 0 saturated carbocycles. The molecule has 3 heterocycles. The highest BCUT2D eigenvalue weighted by atomic mass is 32.2. The number of rotatable bonds is 6. The molecule has 1 fully saturated rings. The minimum absolute atomic E-state index is 0.244. The molecule has 0 aliphatic carbocycles. The minimum Gasteiger partial charge on any atom is -0.379 e. The number of morpholine rings is 1. The highest BCUT2D eigenvalue weighted by molar-refractivity contribution is 7.89. The molecular formula is C23H25N5O4S. The average Bonchev–Trinajstić information content (AvgIpc) is 3.13. The lowest BCUT2D eigenvalue weighted by atomic mass is 10.2. The molecule has 1 aromatic carbocycles. The van der Waals surface area contributed by atoms with Crippen LogP contribution in [0.2, 0.25) is 0 Å². The number of hydrogen-bond acceptors (Lipinski definition) is 6. The van der Waals surface area contributed by atoms with Crippen LogP contribution in [0.4, 0.5) is 0 Å². The molecule has 0 spiro atoms. The highest BCUT2D eigenvalue weighted by Gasteiger charge is 2.26. The van der Waals surface area contributed by atoms with Gasteiger partial charge in [0, 0.05) is 48.1 Å². The van der Waals surface area contributed by atoms with E-state index in [-0.39, 0.29) is 10.8 Å². The van der Waals surface area contributed by atoms with Crippen LogP contribution in [0.25, 0.3) is 5.69 Å². The summed E-state index contributed by atoms with van der Waals surface area (Å²) in [6.45, 7) is 5.34. The maximum absolute atomic E-state index is 13.1. The van der Waals surface area contributed by atoms with Crippen LogP contribution in [0.3, 0.4) is 0 Å². The number of benzene rings is 1. The smallest absolute Gasteiger partial charge is 0.272 e. The maximum Gasteiger partial charge on any atom is 0.272 e. The quantitative estimate of drug-likeness (QED) is 0.442. The molecule has 0 atom stereocenters. The molecule has 1 amide bonds. The molecule has 9 nitrogen and oxygen atoms in total. The summed E-state index contributed by atoms with van der Waals surface area (Å²) in [6.07, 6.45) is 4.63. The minimum atomic E-state index is -3.60. The third-order valence-electron chi connectivity index (χ3n) is 5.45. The Kier molecular flexibility index (Phi) is 6.68. The van der Waals surface area contributed by atoms with E-state index < -0.39 is 10.0 Å². The van der Waals surface area contributed by atoms with Crippen molar-refractivity contribution in [1.29, 1.82) is 0 Å². The van der Waals surface area contributed by atoms with Crippen molar-refractivity contribution in [3.05, 3.63) is 77.4 Å². The number of sulfonamides is 1. The SMILES string of the molecule is Cc1cc(/C=N\NC(=O)c2cccnc2)c(C)n1-c1cccc(S(=O)(=O)N2CCOCC2)c1. The van der Waals surface area contributed by atoms with E-state index in [1.54, 1.807) is 42.7 Å². The summed E-state index contributed by atoms with van der Waals surface area (Å²) in [4.78, 5) is 16.3. The summed E-state index contributed by atoms with van der Waals surface area (Å²) in [5.74, 6) is -0.353. The molecule has 2 aromatic heterocycles. The fourth-order valence-corrected chi connectivity index (χ4v) is 5.20. The molecule has 1 N–H and O–H groups in total. The Labute approximate surface area is 192 Å². The summed E-state index contributed by atoms with van der Waals surface area (Å²) >= 11 is 0. The molecule has 3 aromatic rings. The third-order valence-corrected chi connectivity index (χ3v) is 7.34. The predicted octanol–water partition coefficient (Wildman–Crippen LogP) is 2.27. The number of nitrogens with zero attached hydrogens (tertiary/aromatic N) is 4. The number of pyridine rings is 1. The Morgan fingerprint density at radius 3 is 2.67 bits per heavy atom. The number of aromatic nitrogens is 2. The van der Waals surface area contributed by atoms with Crippen LogP contribution in [-0.4, -0.2) is 60.7 Å². The predicted molar refractivity (Wildman–Crippen MR) is 124 cm³/mol. The zero-order valence-electron chi connectivity index (χ0n) is 18.4. The van der Waals surface area contributed by atoms with Crippen molar-refractivity contribution in [3.63, 3.8) is 0 Å². The van der Waals surface area contributed by atoms with Gasteiger partial charge < -0.3 is 9.30 Å². The molecule has 0 unspecified atom stereocenters. The highest BCUT2D eigenvalue weighted by Crippen LogP contribution is 2.24. The van der Waals surface area contributed by atoms with Crippen LogP contribution in [0.5, 0.6) is 0 Å². The van der Waals surface area contributed by atoms with Crippen LogP contribution in [0.15, 0.2) is 64.9 Å². The summed E-state index contributed by atoms with van der Waals surface area (Å²) in [5, 5.41) is 4.06. The number of carbonyl (C=O) groups excluding carboxylic acids is 1. The summed E-state index contributed by atoms with van der Waals surface area (Å²) in [5.41, 5.74) is 6.23. The maximum atomic E-state index is 13.1. The van der Waals surface area contributed by atoms with Crippen molar-refractivity contribution in [1.82, 2.24) is 19.3 Å². The Bertz CT molecular complexity index is 1280. The standard InChI is InChI=1S/C23H25N5O4S/c1-17-13-20(16-25-26-23(29)19-5-4-8-24-15-19)18(2)28(17)21-6-3-7-22(14-21)33(30,31)27-9-11-32-12-10-27/h3-8,13-16H,9-12H2,1-2H3,(H,26,29)/b25-16-. The van der Waals surface area contributed by atoms with Gasteiger partial charge >= 0.3 is 0 Å². The summed E-state index contributed by atoms with van der Waals surface area (Å²) < 4.78 is 34.8. The largest absolute Gasteiger partial charge is 0.379 e. The van der Waals surface area contributed by atoms with Crippen molar-refractivity contribution in [3.8, 4) is 5.69 Å². The van der Waals surface area contributed by atoms with E-state index in [0.29, 0.717) is 31.9 Å². The molecule has 1 aliphatic rings. The fraction of sp³-hybridized carbons (Fsp3) is 0.261. The number of hydrogen-bond donors (Lipinski definition) is 1. The normalized spacial score (nSPS) is 15.1. The Morgan fingerprint density at radius 1 is 1.15 bits per heavy atom. The fourth-order valence-electron chi connectivity index (χ4n) is 3.76. The van der Waals surface area contributed by atoms with E-state index in [9.17, 15) is 13.2 Å². The van der Waals surface area contributed by atoms with Crippen LogP contribution in [0.1, 0.15) is 27.3 Å². The second kappa shape index (κ2) is 9.65. The van der Waals surface area contributed by atoms with Crippen LogP contribution >= 0.6 is 0 Å². The molecule has 10 heteroatoms. The zero-order valence-corrected chi connectivity index (χ0v) is 19.2. The number of carbonyl (C=O) groups is 1. The van der Waals surface area contributed by atoms with Gasteiger partial charge in [-0.2, -0.15) is 9.41 Å². The Balaban J connectivity index is 1.57. The van der Waals surface area contributed by atoms with Gasteiger partial charge in [-0.1, -0.05) is 6.07 Å². The van der Waals surface area contributed by atoms with E-state index >= 15 is 0 Å². The lowest BCUT2D eigenvalue weighted by Gasteiger charge is -2.26. The molecule has 33 heavy (non-hydrogen) atoms. The van der Waals surface area contributed by atoms with E-state index in [4.69, 9.17) is 4.74 Å². The topological polar surface area (TPSA) is 106 Å². The first-order chi connectivity index (χ1) is 15.9. The van der Waals surface area contributed by atoms with Crippen LogP contribution in [0, 0.1) is 13.8 Å². The van der Waals surface area contributed by atoms with Crippen molar-refractivity contribution in [2.75, 3.05) is 26.3 Å². The first kappa shape index (κ1) is 22.8. The third kappa shape index (κ3) is 4.87. The lowest BCUT2D eigenvalue weighted by Crippen LogP contribution is -2.40. The molecular weight excluding hydrogens is 442 g/mol. The zero-order chi connectivity index (χ0) is 23.4. The van der Waals surface area contributed by atoms with Gasteiger partial charge in [-0.3, -0.25) is 9.78 Å². The number of ether oxygens (including phenoxy) is 1. The summed E-state index contributed by atoms with van der Waals surface area (Å²) in [7, 11) is -3.60. The van der Waals surface area contributed by atoms with E-state index in [1.165, 1.54) is 10.5 Å². The molecule has 172 valence electrons. The van der Waals surface area contributed by atoms with Gasteiger partial charge in [0.2, 0.25) is 10.0 Å². The van der Waals surface area contributed by atoms with Gasteiger partial charge in [0.25, 0.3) is 5.91 Å². The molecule has 0 bridgehead atoms. The molecule has 1 aliphatic heterocycles. The van der Waals surface area contributed by atoms with Crippen molar-refractivity contribution in [2.24, 2.45) is 5.10 Å². The number of hydrazone groups is 1. The van der Waals surface area contributed by atoms with E-state index in [1.807, 2.05) is 30.5 Å². The van der Waals surface area contributed by atoms with E-state index in [0.717, 1.165) is 22.6 Å². The van der Waals surface area contributed by atoms with Crippen molar-refractivity contribution in [2.45, 2.75) is 18.7 Å². The van der Waals surface area contributed by atoms with Crippen molar-refractivity contribution < 1.29 is 17.9 Å². The second-order valence-corrected chi connectivity index (χ2v) is 9.55. The van der Waals surface area contributed by atoms with Gasteiger partial charge in [0.15, 0.2) is 0 Å². The Morgan fingerprint density at radius 2 is 1.94 bits per heavy atom. The number of nitrogens with one attached hydrogen (secondary N) is 1. The molecule has 1 saturated heterocycles. The van der Waals surface area contributed by atoms with Gasteiger partial charge in [-0.15, -0.1) is 0 Å². The van der Waals surface area contributed by atoms with Gasteiger partial charge in [-0.25, -0.2) is 13.8 Å². The van der Waals surface area contributed by atoms with Gasteiger partial charge in [-0.05, 0) is 50.2 Å².